The van der Waals surface area contributed by atoms with E-state index >= 15 is 0 Å². The van der Waals surface area contributed by atoms with Crippen LogP contribution < -0.4 is 10.1 Å². The van der Waals surface area contributed by atoms with Gasteiger partial charge in [0.05, 0.1) is 22.2 Å². The Kier molecular flexibility index (Phi) is 5.82. The number of carbonyl (C=O) groups is 2. The molecule has 0 radical (unpaired) electrons. The van der Waals surface area contributed by atoms with Crippen molar-refractivity contribution in [1.29, 1.82) is 0 Å². The second-order valence-corrected chi connectivity index (χ2v) is 10.1. The van der Waals surface area contributed by atoms with Crippen LogP contribution in [0.15, 0.2) is 42.5 Å². The minimum Gasteiger partial charge on any atom is -0.504 e. The normalized spacial score (nSPS) is 16.5. The second-order valence-electron chi connectivity index (χ2n) is 9.72. The molecular weight excluding hydrogens is 492 g/mol. The summed E-state index contributed by atoms with van der Waals surface area (Å²) < 4.78 is 7.95. The van der Waals surface area contributed by atoms with Crippen LogP contribution in [-0.2, 0) is 7.05 Å². The zero-order valence-electron chi connectivity index (χ0n) is 20.7. The Morgan fingerprint density at radius 2 is 1.68 bits per heavy atom. The topological polar surface area (TPSA) is 87.0 Å². The van der Waals surface area contributed by atoms with Crippen LogP contribution in [0.2, 0.25) is 5.02 Å². The van der Waals surface area contributed by atoms with E-state index in [0.717, 1.165) is 43.8 Å². The first-order valence-electron chi connectivity index (χ1n) is 12.3. The van der Waals surface area contributed by atoms with Gasteiger partial charge in [0, 0.05) is 67.2 Å². The van der Waals surface area contributed by atoms with Crippen LogP contribution in [0.5, 0.6) is 11.5 Å². The first-order valence-corrected chi connectivity index (χ1v) is 12.7. The lowest BCUT2D eigenvalue weighted by Gasteiger charge is -2.32. The van der Waals surface area contributed by atoms with E-state index in [4.69, 9.17) is 16.3 Å². The lowest BCUT2D eigenvalue weighted by Crippen LogP contribution is -2.45. The van der Waals surface area contributed by atoms with Gasteiger partial charge in [-0.3, -0.25) is 19.8 Å². The van der Waals surface area contributed by atoms with Gasteiger partial charge in [-0.2, -0.15) is 0 Å². The number of amides is 2. The van der Waals surface area contributed by atoms with Crippen molar-refractivity contribution in [3.63, 3.8) is 0 Å². The number of likely N-dealkylation sites (N-methyl/N-ethyl adjacent to an activating group) is 1. The number of carbonyl (C=O) groups excluding carboxylic acids is 2. The first-order chi connectivity index (χ1) is 17.8. The molecule has 2 amide bonds. The maximum Gasteiger partial charge on any atom is 0.259 e. The highest BCUT2D eigenvalue weighted by molar-refractivity contribution is 6.36. The van der Waals surface area contributed by atoms with Crippen LogP contribution in [0.4, 0.5) is 0 Å². The number of piperazine rings is 1. The molecule has 0 aliphatic carbocycles. The number of nitrogens with one attached hydrogen (secondary N) is 1. The molecule has 0 unspecified atom stereocenters. The van der Waals surface area contributed by atoms with Gasteiger partial charge in [0.15, 0.2) is 11.5 Å². The molecule has 0 saturated carbocycles. The Labute approximate surface area is 219 Å². The van der Waals surface area contributed by atoms with Gasteiger partial charge in [0.25, 0.3) is 11.8 Å². The van der Waals surface area contributed by atoms with Crippen LogP contribution in [-0.4, -0.2) is 77.7 Å². The standard InChI is InChI=1S/C28H27ClN4O4/c1-31-7-9-33(10-8-31)11-12-37-23-15-20-18(14-22(23)34)24-21(32(20)2)13-17(16-5-3-4-6-19(16)29)25-26(24)28(36)30-27(25)35/h3-6,13-15,34H,7-12H2,1-2H3,(H,30,35,36). The van der Waals surface area contributed by atoms with Crippen LogP contribution in [0.25, 0.3) is 32.9 Å². The summed E-state index contributed by atoms with van der Waals surface area (Å²) in [4.78, 5) is 30.6. The third kappa shape index (κ3) is 3.92. The predicted molar refractivity (Wildman–Crippen MR) is 144 cm³/mol. The van der Waals surface area contributed by atoms with Gasteiger partial charge in [-0.25, -0.2) is 0 Å². The fraction of sp³-hybridized carbons (Fsp3) is 0.286. The number of aromatic hydroxyl groups is 1. The average Bonchev–Trinajstić information content (AvgIpc) is 3.32. The quantitative estimate of drug-likeness (QED) is 0.390. The number of imide groups is 1. The number of nitrogens with zero attached hydrogens (tertiary/aromatic N) is 3. The van der Waals surface area contributed by atoms with Crippen LogP contribution in [0.1, 0.15) is 20.7 Å². The Balaban J connectivity index is 1.45. The summed E-state index contributed by atoms with van der Waals surface area (Å²) in [5.74, 6) is -0.539. The summed E-state index contributed by atoms with van der Waals surface area (Å²) >= 11 is 6.49. The van der Waals surface area contributed by atoms with E-state index < -0.39 is 11.8 Å². The zero-order chi connectivity index (χ0) is 25.8. The molecule has 1 aromatic heterocycles. The van der Waals surface area contributed by atoms with E-state index in [1.54, 1.807) is 18.2 Å². The third-order valence-corrected chi connectivity index (χ3v) is 7.81. The van der Waals surface area contributed by atoms with E-state index in [1.165, 1.54) is 0 Å². The van der Waals surface area contributed by atoms with E-state index in [2.05, 4.69) is 22.2 Å². The van der Waals surface area contributed by atoms with E-state index in [1.807, 2.05) is 35.9 Å². The lowest BCUT2D eigenvalue weighted by molar-refractivity contribution is 0.0880. The first kappa shape index (κ1) is 23.8. The minimum atomic E-state index is -0.460. The van der Waals surface area contributed by atoms with Crippen molar-refractivity contribution < 1.29 is 19.4 Å². The van der Waals surface area contributed by atoms with E-state index in [0.29, 0.717) is 50.4 Å². The summed E-state index contributed by atoms with van der Waals surface area (Å²) in [6, 6.07) is 12.6. The maximum atomic E-state index is 13.0. The summed E-state index contributed by atoms with van der Waals surface area (Å²) in [6.07, 6.45) is 0. The molecule has 2 aliphatic rings. The molecular formula is C28H27ClN4O4. The molecule has 0 atom stereocenters. The van der Waals surface area contributed by atoms with Crippen molar-refractivity contribution >= 4 is 45.2 Å². The van der Waals surface area contributed by atoms with Gasteiger partial charge in [0.1, 0.15) is 6.61 Å². The highest BCUT2D eigenvalue weighted by Gasteiger charge is 2.35. The summed E-state index contributed by atoms with van der Waals surface area (Å²) in [5.41, 5.74) is 3.40. The number of hydrogen-bond donors (Lipinski definition) is 2. The molecule has 0 bridgehead atoms. The Bertz CT molecular complexity index is 1590. The molecule has 0 spiro atoms. The number of hydrogen-bond acceptors (Lipinski definition) is 6. The molecule has 3 heterocycles. The molecule has 2 aliphatic heterocycles. The molecule has 37 heavy (non-hydrogen) atoms. The smallest absolute Gasteiger partial charge is 0.259 e. The van der Waals surface area contributed by atoms with Gasteiger partial charge in [-0.15, -0.1) is 0 Å². The minimum absolute atomic E-state index is 0.00737. The number of benzene rings is 3. The Hall–Kier alpha value is -3.59. The summed E-state index contributed by atoms with van der Waals surface area (Å²) in [7, 11) is 4.02. The van der Waals surface area contributed by atoms with Gasteiger partial charge >= 0.3 is 0 Å². The van der Waals surface area contributed by atoms with Crippen molar-refractivity contribution in [3.05, 3.63) is 58.6 Å². The lowest BCUT2D eigenvalue weighted by atomic mass is 9.93. The molecule has 1 saturated heterocycles. The highest BCUT2D eigenvalue weighted by Crippen LogP contribution is 2.43. The average molecular weight is 519 g/mol. The van der Waals surface area contributed by atoms with Gasteiger partial charge in [-0.05, 0) is 30.8 Å². The van der Waals surface area contributed by atoms with Crippen molar-refractivity contribution in [1.82, 2.24) is 19.7 Å². The number of aryl methyl sites for hydroxylation is 1. The van der Waals surface area contributed by atoms with Crippen LogP contribution >= 0.6 is 11.6 Å². The van der Waals surface area contributed by atoms with Crippen molar-refractivity contribution in [2.75, 3.05) is 46.4 Å². The number of phenols is 1. The summed E-state index contributed by atoms with van der Waals surface area (Å²) in [5, 5.41) is 15.1. The fourth-order valence-corrected chi connectivity index (χ4v) is 5.66. The molecule has 1 fully saturated rings. The molecule has 9 heteroatoms. The fourth-order valence-electron chi connectivity index (χ4n) is 5.43. The number of halogens is 1. The second kappa shape index (κ2) is 9.06. The molecule has 3 aromatic carbocycles. The van der Waals surface area contributed by atoms with Gasteiger partial charge in [-0.1, -0.05) is 29.8 Å². The van der Waals surface area contributed by atoms with E-state index in [-0.39, 0.29) is 5.75 Å². The molecule has 4 aromatic rings. The maximum absolute atomic E-state index is 13.0. The van der Waals surface area contributed by atoms with Crippen molar-refractivity contribution in [2.45, 2.75) is 0 Å². The van der Waals surface area contributed by atoms with E-state index in [9.17, 15) is 14.7 Å². The Morgan fingerprint density at radius 3 is 2.43 bits per heavy atom. The molecule has 6 rings (SSSR count). The van der Waals surface area contributed by atoms with Crippen molar-refractivity contribution in [2.24, 2.45) is 7.05 Å². The largest absolute Gasteiger partial charge is 0.504 e. The molecule has 2 N–H and O–H groups in total. The number of ether oxygens (including phenoxy) is 1. The summed E-state index contributed by atoms with van der Waals surface area (Å²) in [6.45, 7) is 5.28. The predicted octanol–water partition coefficient (Wildman–Crippen LogP) is 3.87. The molecule has 190 valence electrons. The number of aromatic nitrogens is 1. The van der Waals surface area contributed by atoms with Crippen LogP contribution in [0, 0.1) is 0 Å². The Morgan fingerprint density at radius 1 is 0.946 bits per heavy atom. The van der Waals surface area contributed by atoms with Gasteiger partial charge < -0.3 is 19.3 Å². The number of rotatable bonds is 5. The molecule has 8 nitrogen and oxygen atoms in total. The number of fused-ring (bicyclic) bond motifs is 5. The highest BCUT2D eigenvalue weighted by atomic mass is 35.5. The monoisotopic (exact) mass is 518 g/mol. The zero-order valence-corrected chi connectivity index (χ0v) is 21.4. The SMILES string of the molecule is CN1CCN(CCOc2cc3c(cc2O)c2c4c(c(-c5ccccc5Cl)cc2n3C)C(=O)NC4=O)CC1. The third-order valence-electron chi connectivity index (χ3n) is 7.48. The van der Waals surface area contributed by atoms with Gasteiger partial charge in [0.2, 0.25) is 0 Å². The number of phenolic OH excluding ortho intramolecular Hbond substituents is 1. The van der Waals surface area contributed by atoms with Crippen molar-refractivity contribution in [3.8, 4) is 22.6 Å². The van der Waals surface area contributed by atoms with Crippen LogP contribution in [0.3, 0.4) is 0 Å².